The second-order valence-electron chi connectivity index (χ2n) is 6.03. The number of hydrogen-bond acceptors (Lipinski definition) is 7. The van der Waals surface area contributed by atoms with Crippen molar-refractivity contribution in [3.05, 3.63) is 52.4 Å². The smallest absolute Gasteiger partial charge is 0.292 e. The Labute approximate surface area is 163 Å². The van der Waals surface area contributed by atoms with Crippen LogP contribution in [-0.2, 0) is 12.8 Å². The highest BCUT2D eigenvalue weighted by molar-refractivity contribution is 8.00. The van der Waals surface area contributed by atoms with Crippen molar-refractivity contribution in [3.8, 4) is 0 Å². The lowest BCUT2D eigenvalue weighted by molar-refractivity contribution is 0.0997. The first-order chi connectivity index (χ1) is 13.0. The number of aryl methyl sites for hydroxylation is 3. The van der Waals surface area contributed by atoms with Crippen molar-refractivity contribution < 1.29 is 9.21 Å². The molecule has 1 amide bonds. The minimum Gasteiger partial charge on any atom is -0.451 e. The Morgan fingerprint density at radius 3 is 2.81 bits per heavy atom. The first-order valence-corrected chi connectivity index (χ1v) is 10.1. The van der Waals surface area contributed by atoms with Gasteiger partial charge in [-0.25, -0.2) is 0 Å². The van der Waals surface area contributed by atoms with Crippen LogP contribution >= 0.6 is 23.1 Å². The molecule has 7 nitrogen and oxygen atoms in total. The van der Waals surface area contributed by atoms with Crippen molar-refractivity contribution >= 4 is 45.8 Å². The van der Waals surface area contributed by atoms with E-state index in [9.17, 15) is 4.79 Å². The summed E-state index contributed by atoms with van der Waals surface area (Å²) in [5.41, 5.74) is 2.37. The van der Waals surface area contributed by atoms with Crippen LogP contribution in [0.1, 0.15) is 26.8 Å². The van der Waals surface area contributed by atoms with Crippen molar-refractivity contribution in [2.45, 2.75) is 23.9 Å². The molecule has 3 aromatic heterocycles. The van der Waals surface area contributed by atoms with Crippen LogP contribution in [0.4, 0.5) is 5.82 Å². The molecule has 0 fully saturated rings. The van der Waals surface area contributed by atoms with E-state index < -0.39 is 0 Å². The monoisotopic (exact) mass is 399 g/mol. The molecule has 4 rings (SSSR count). The molecule has 3 heterocycles. The number of fused-ring (bicyclic) bond motifs is 1. The molecule has 0 radical (unpaired) electrons. The van der Waals surface area contributed by atoms with Gasteiger partial charge in [0, 0.05) is 29.8 Å². The standard InChI is InChI=1S/C18H17N5O2S2/c1-10-8-15(23(3)22-10)19-17(24)16-13(9-26-18-21-20-11(2)27-18)12-6-4-5-7-14(12)25-16/h4-8H,9H2,1-3H3,(H,19,24). The lowest BCUT2D eigenvalue weighted by Crippen LogP contribution is -2.15. The second kappa shape index (κ2) is 7.16. The van der Waals surface area contributed by atoms with E-state index in [1.54, 1.807) is 23.5 Å². The van der Waals surface area contributed by atoms with Crippen LogP contribution in [0.15, 0.2) is 39.1 Å². The Morgan fingerprint density at radius 1 is 1.30 bits per heavy atom. The van der Waals surface area contributed by atoms with Crippen LogP contribution in [0.2, 0.25) is 0 Å². The highest BCUT2D eigenvalue weighted by atomic mass is 32.2. The molecule has 0 aliphatic rings. The van der Waals surface area contributed by atoms with Crippen LogP contribution in [0.25, 0.3) is 11.0 Å². The highest BCUT2D eigenvalue weighted by Crippen LogP contribution is 2.33. The summed E-state index contributed by atoms with van der Waals surface area (Å²) in [6.45, 7) is 3.80. The van der Waals surface area contributed by atoms with Crippen molar-refractivity contribution in [1.29, 1.82) is 0 Å². The Balaban J connectivity index is 1.66. The average molecular weight is 400 g/mol. The number of furan rings is 1. The molecule has 4 aromatic rings. The molecule has 0 unspecified atom stereocenters. The third kappa shape index (κ3) is 3.60. The van der Waals surface area contributed by atoms with Crippen LogP contribution in [0.3, 0.4) is 0 Å². The Morgan fingerprint density at radius 2 is 2.11 bits per heavy atom. The van der Waals surface area contributed by atoms with Crippen molar-refractivity contribution in [3.63, 3.8) is 0 Å². The normalized spacial score (nSPS) is 11.2. The fourth-order valence-corrected chi connectivity index (χ4v) is 4.64. The number of nitrogens with zero attached hydrogens (tertiary/aromatic N) is 4. The number of thioether (sulfide) groups is 1. The maximum atomic E-state index is 12.9. The van der Waals surface area contributed by atoms with E-state index in [0.29, 0.717) is 22.9 Å². The van der Waals surface area contributed by atoms with Gasteiger partial charge < -0.3 is 9.73 Å². The summed E-state index contributed by atoms with van der Waals surface area (Å²) in [7, 11) is 1.79. The fraction of sp³-hybridized carbons (Fsp3) is 0.222. The van der Waals surface area contributed by atoms with E-state index in [2.05, 4.69) is 20.6 Å². The molecule has 0 aliphatic carbocycles. The number of carbonyl (C=O) groups excluding carboxylic acids is 1. The number of anilines is 1. The van der Waals surface area contributed by atoms with E-state index in [1.807, 2.05) is 44.2 Å². The first-order valence-electron chi connectivity index (χ1n) is 8.26. The van der Waals surface area contributed by atoms with Gasteiger partial charge in [-0.3, -0.25) is 9.48 Å². The summed E-state index contributed by atoms with van der Waals surface area (Å²) >= 11 is 3.08. The largest absolute Gasteiger partial charge is 0.451 e. The molecule has 138 valence electrons. The third-order valence-corrected chi connectivity index (χ3v) is 5.99. The molecular formula is C18H17N5O2S2. The predicted octanol–water partition coefficient (Wildman–Crippen LogP) is 4.18. The topological polar surface area (TPSA) is 85.8 Å². The molecule has 27 heavy (non-hydrogen) atoms. The van der Waals surface area contributed by atoms with Gasteiger partial charge in [-0.2, -0.15) is 5.10 Å². The van der Waals surface area contributed by atoms with Crippen molar-refractivity contribution in [1.82, 2.24) is 20.0 Å². The Kier molecular flexibility index (Phi) is 4.71. The molecule has 0 saturated carbocycles. The molecule has 0 spiro atoms. The third-order valence-electron chi connectivity index (χ3n) is 4.00. The number of nitrogens with one attached hydrogen (secondary N) is 1. The number of carbonyl (C=O) groups is 1. The quantitative estimate of drug-likeness (QED) is 0.507. The molecule has 0 atom stereocenters. The molecule has 1 aromatic carbocycles. The average Bonchev–Trinajstić information content (AvgIpc) is 3.30. The van der Waals surface area contributed by atoms with Gasteiger partial charge in [-0.1, -0.05) is 41.3 Å². The van der Waals surface area contributed by atoms with E-state index in [4.69, 9.17) is 4.42 Å². The molecular weight excluding hydrogens is 382 g/mol. The summed E-state index contributed by atoms with van der Waals surface area (Å²) in [6, 6.07) is 9.48. The molecule has 0 aliphatic heterocycles. The van der Waals surface area contributed by atoms with E-state index in [0.717, 1.165) is 26.0 Å². The lowest BCUT2D eigenvalue weighted by Gasteiger charge is -2.05. The zero-order chi connectivity index (χ0) is 19.0. The molecule has 0 bridgehead atoms. The Bertz CT molecular complexity index is 1130. The number of benzene rings is 1. The van der Waals surface area contributed by atoms with Crippen molar-refractivity contribution in [2.24, 2.45) is 7.05 Å². The van der Waals surface area contributed by atoms with Crippen molar-refractivity contribution in [2.75, 3.05) is 5.32 Å². The van der Waals surface area contributed by atoms with Gasteiger partial charge in [0.05, 0.1) is 5.69 Å². The lowest BCUT2D eigenvalue weighted by atomic mass is 10.1. The zero-order valence-corrected chi connectivity index (χ0v) is 16.6. The van der Waals surface area contributed by atoms with Crippen LogP contribution in [0.5, 0.6) is 0 Å². The summed E-state index contributed by atoms with van der Waals surface area (Å²) in [6.07, 6.45) is 0. The number of amides is 1. The summed E-state index contributed by atoms with van der Waals surface area (Å²) in [5.74, 6) is 1.21. The van der Waals surface area contributed by atoms with Crippen LogP contribution in [0, 0.1) is 13.8 Å². The zero-order valence-electron chi connectivity index (χ0n) is 15.0. The predicted molar refractivity (Wildman–Crippen MR) is 106 cm³/mol. The SMILES string of the molecule is Cc1cc(NC(=O)c2oc3ccccc3c2CSc2nnc(C)s2)n(C)n1. The molecule has 0 saturated heterocycles. The number of para-hydroxylation sites is 1. The molecule has 1 N–H and O–H groups in total. The van der Waals surface area contributed by atoms with Gasteiger partial charge in [0.15, 0.2) is 10.1 Å². The van der Waals surface area contributed by atoms with E-state index in [1.165, 1.54) is 11.3 Å². The summed E-state index contributed by atoms with van der Waals surface area (Å²) < 4.78 is 8.39. The van der Waals surface area contributed by atoms with Gasteiger partial charge in [-0.15, -0.1) is 10.2 Å². The maximum Gasteiger partial charge on any atom is 0.292 e. The van der Waals surface area contributed by atoms with Crippen LogP contribution < -0.4 is 5.32 Å². The second-order valence-corrected chi connectivity index (χ2v) is 8.43. The summed E-state index contributed by atoms with van der Waals surface area (Å²) in [5, 5.41) is 17.2. The van der Waals surface area contributed by atoms with Gasteiger partial charge in [0.1, 0.15) is 16.4 Å². The van der Waals surface area contributed by atoms with Gasteiger partial charge in [-0.05, 0) is 19.9 Å². The minimum atomic E-state index is -0.293. The van der Waals surface area contributed by atoms with Gasteiger partial charge in [0.2, 0.25) is 0 Å². The highest BCUT2D eigenvalue weighted by Gasteiger charge is 2.22. The minimum absolute atomic E-state index is 0.293. The van der Waals surface area contributed by atoms with Crippen LogP contribution in [-0.4, -0.2) is 25.9 Å². The maximum absolute atomic E-state index is 12.9. The number of rotatable bonds is 5. The Hall–Kier alpha value is -2.65. The summed E-state index contributed by atoms with van der Waals surface area (Å²) in [4.78, 5) is 12.9. The number of aromatic nitrogens is 4. The van der Waals surface area contributed by atoms with E-state index >= 15 is 0 Å². The molecule has 9 heteroatoms. The van der Waals surface area contributed by atoms with Gasteiger partial charge in [0.25, 0.3) is 5.91 Å². The first kappa shape index (κ1) is 17.7. The van der Waals surface area contributed by atoms with Gasteiger partial charge >= 0.3 is 0 Å². The van der Waals surface area contributed by atoms with E-state index in [-0.39, 0.29) is 5.91 Å². The number of hydrogen-bond donors (Lipinski definition) is 1. The fourth-order valence-electron chi connectivity index (χ4n) is 2.80.